The van der Waals surface area contributed by atoms with Gasteiger partial charge in [-0.15, -0.1) is 0 Å². The number of nitrogens with one attached hydrogen (secondary N) is 1. The Bertz CT molecular complexity index is 464. The number of halogens is 1. The fraction of sp³-hybridized carbons (Fsp3) is 0.417. The van der Waals surface area contributed by atoms with Gasteiger partial charge in [0.15, 0.2) is 0 Å². The third kappa shape index (κ3) is 3.29. The molecule has 1 aromatic rings. The Kier molecular flexibility index (Phi) is 4.84. The lowest BCUT2D eigenvalue weighted by atomic mass is 9.96. The van der Waals surface area contributed by atoms with Gasteiger partial charge in [-0.3, -0.25) is 9.78 Å². The second-order valence-corrected chi connectivity index (χ2v) is 5.05. The number of hydrogen-bond acceptors (Lipinski definition) is 3. The van der Waals surface area contributed by atoms with Crippen LogP contribution in [0, 0.1) is 0 Å². The van der Waals surface area contributed by atoms with E-state index in [1.807, 2.05) is 6.92 Å². The highest BCUT2D eigenvalue weighted by atomic mass is 79.9. The summed E-state index contributed by atoms with van der Waals surface area (Å²) in [5.74, 6) is -1.47. The van der Waals surface area contributed by atoms with Gasteiger partial charge in [0.25, 0.3) is 5.91 Å². The van der Waals surface area contributed by atoms with Crippen LogP contribution in [0.25, 0.3) is 0 Å². The Hall–Kier alpha value is -1.43. The van der Waals surface area contributed by atoms with Gasteiger partial charge in [0.1, 0.15) is 5.54 Å². The number of rotatable bonds is 5. The summed E-state index contributed by atoms with van der Waals surface area (Å²) >= 11 is 3.21. The minimum Gasteiger partial charge on any atom is -0.480 e. The van der Waals surface area contributed by atoms with E-state index < -0.39 is 17.4 Å². The van der Waals surface area contributed by atoms with Crippen LogP contribution in [0.5, 0.6) is 0 Å². The average molecular weight is 315 g/mol. The highest BCUT2D eigenvalue weighted by Crippen LogP contribution is 2.18. The molecule has 0 saturated carbocycles. The van der Waals surface area contributed by atoms with Crippen molar-refractivity contribution in [3.63, 3.8) is 0 Å². The van der Waals surface area contributed by atoms with Crippen molar-refractivity contribution in [2.75, 3.05) is 0 Å². The second-order valence-electron chi connectivity index (χ2n) is 4.20. The number of aromatic nitrogens is 1. The normalized spacial score (nSPS) is 13.7. The summed E-state index contributed by atoms with van der Waals surface area (Å²) in [6.07, 6.45) is 4.02. The van der Waals surface area contributed by atoms with Crippen LogP contribution in [-0.4, -0.2) is 27.5 Å². The molecule has 98 valence electrons. The van der Waals surface area contributed by atoms with Crippen molar-refractivity contribution in [3.05, 3.63) is 28.5 Å². The third-order valence-corrected chi connectivity index (χ3v) is 3.26. The van der Waals surface area contributed by atoms with Crippen LogP contribution in [0.2, 0.25) is 0 Å². The largest absolute Gasteiger partial charge is 0.480 e. The van der Waals surface area contributed by atoms with Crippen molar-refractivity contribution in [3.8, 4) is 0 Å². The van der Waals surface area contributed by atoms with E-state index in [9.17, 15) is 14.7 Å². The van der Waals surface area contributed by atoms with Gasteiger partial charge in [-0.1, -0.05) is 13.3 Å². The first-order valence-electron chi connectivity index (χ1n) is 5.56. The lowest BCUT2D eigenvalue weighted by Gasteiger charge is -2.25. The molecule has 1 rings (SSSR count). The second kappa shape index (κ2) is 5.95. The summed E-state index contributed by atoms with van der Waals surface area (Å²) in [7, 11) is 0. The van der Waals surface area contributed by atoms with Crippen LogP contribution >= 0.6 is 15.9 Å². The molecule has 2 N–H and O–H groups in total. The van der Waals surface area contributed by atoms with Crippen molar-refractivity contribution in [2.24, 2.45) is 0 Å². The first-order valence-corrected chi connectivity index (χ1v) is 6.35. The van der Waals surface area contributed by atoms with E-state index in [2.05, 4.69) is 26.2 Å². The van der Waals surface area contributed by atoms with Crippen LogP contribution < -0.4 is 5.32 Å². The molecule has 0 fully saturated rings. The molecular weight excluding hydrogens is 300 g/mol. The molecule has 1 atom stereocenters. The number of carboxylic acids is 1. The first-order chi connectivity index (χ1) is 8.40. The fourth-order valence-corrected chi connectivity index (χ4v) is 2.03. The van der Waals surface area contributed by atoms with Crippen LogP contribution in [-0.2, 0) is 4.79 Å². The van der Waals surface area contributed by atoms with Gasteiger partial charge < -0.3 is 10.4 Å². The quantitative estimate of drug-likeness (QED) is 0.873. The first kappa shape index (κ1) is 14.6. The zero-order valence-electron chi connectivity index (χ0n) is 10.2. The predicted molar refractivity (Wildman–Crippen MR) is 70.4 cm³/mol. The Morgan fingerprint density at radius 1 is 1.56 bits per heavy atom. The summed E-state index contributed by atoms with van der Waals surface area (Å²) in [4.78, 5) is 27.1. The van der Waals surface area contributed by atoms with E-state index in [-0.39, 0.29) is 0 Å². The molecular formula is C12H15BrN2O3. The molecule has 1 unspecified atom stereocenters. The van der Waals surface area contributed by atoms with Crippen LogP contribution in [0.3, 0.4) is 0 Å². The van der Waals surface area contributed by atoms with Crippen LogP contribution in [0.1, 0.15) is 37.0 Å². The van der Waals surface area contributed by atoms with Gasteiger partial charge in [0, 0.05) is 16.9 Å². The topological polar surface area (TPSA) is 79.3 Å². The smallest absolute Gasteiger partial charge is 0.329 e. The Labute approximate surface area is 114 Å². The average Bonchev–Trinajstić information content (AvgIpc) is 2.29. The standard InChI is InChI=1S/C12H15BrN2O3/c1-3-5-12(2,11(17)18)15-10(16)8-4-6-14-7-9(8)13/h4,6-7H,3,5H2,1-2H3,(H,15,16)(H,17,18). The maximum Gasteiger partial charge on any atom is 0.329 e. The van der Waals surface area contributed by atoms with Crippen molar-refractivity contribution < 1.29 is 14.7 Å². The van der Waals surface area contributed by atoms with Gasteiger partial charge in [0.2, 0.25) is 0 Å². The molecule has 0 aliphatic rings. The summed E-state index contributed by atoms with van der Waals surface area (Å²) < 4.78 is 0.534. The molecule has 0 saturated heterocycles. The Morgan fingerprint density at radius 2 is 2.22 bits per heavy atom. The molecule has 0 spiro atoms. The van der Waals surface area contributed by atoms with Crippen molar-refractivity contribution in [1.82, 2.24) is 10.3 Å². The fourth-order valence-electron chi connectivity index (χ4n) is 1.60. The number of amides is 1. The summed E-state index contributed by atoms with van der Waals surface area (Å²) in [6.45, 7) is 3.38. The van der Waals surface area contributed by atoms with E-state index >= 15 is 0 Å². The lowest BCUT2D eigenvalue weighted by Crippen LogP contribution is -2.52. The summed E-state index contributed by atoms with van der Waals surface area (Å²) in [5.41, 5.74) is -0.886. The van der Waals surface area contributed by atoms with E-state index in [1.54, 1.807) is 0 Å². The summed E-state index contributed by atoms with van der Waals surface area (Å²) in [5, 5.41) is 11.7. The van der Waals surface area contributed by atoms with Crippen molar-refractivity contribution >= 4 is 27.8 Å². The molecule has 0 bridgehead atoms. The van der Waals surface area contributed by atoms with E-state index in [1.165, 1.54) is 25.4 Å². The van der Waals surface area contributed by atoms with Gasteiger partial charge in [-0.2, -0.15) is 0 Å². The molecule has 1 amide bonds. The van der Waals surface area contributed by atoms with E-state index in [0.717, 1.165) is 0 Å². The number of carbonyl (C=O) groups is 2. The number of carbonyl (C=O) groups excluding carboxylic acids is 1. The zero-order chi connectivity index (χ0) is 13.8. The molecule has 5 nitrogen and oxygen atoms in total. The predicted octanol–water partition coefficient (Wildman–Crippen LogP) is 2.22. The number of aliphatic carboxylic acids is 1. The number of nitrogens with zero attached hydrogens (tertiary/aromatic N) is 1. The molecule has 0 aliphatic heterocycles. The Balaban J connectivity index is 2.93. The molecule has 6 heteroatoms. The Morgan fingerprint density at radius 3 is 2.72 bits per heavy atom. The number of hydrogen-bond donors (Lipinski definition) is 2. The van der Waals surface area contributed by atoms with Gasteiger partial charge in [0.05, 0.1) is 5.56 Å². The highest BCUT2D eigenvalue weighted by molar-refractivity contribution is 9.10. The third-order valence-electron chi connectivity index (χ3n) is 2.63. The van der Waals surface area contributed by atoms with Gasteiger partial charge >= 0.3 is 5.97 Å². The van der Waals surface area contributed by atoms with Gasteiger partial charge in [-0.25, -0.2) is 4.79 Å². The van der Waals surface area contributed by atoms with Crippen LogP contribution in [0.15, 0.2) is 22.9 Å². The summed E-state index contributed by atoms with van der Waals surface area (Å²) in [6, 6.07) is 1.54. The zero-order valence-corrected chi connectivity index (χ0v) is 11.8. The molecule has 0 aliphatic carbocycles. The molecule has 1 aromatic heterocycles. The monoisotopic (exact) mass is 314 g/mol. The molecule has 1 heterocycles. The molecule has 0 aromatic carbocycles. The minimum absolute atomic E-state index is 0.369. The maximum absolute atomic E-state index is 12.0. The molecule has 18 heavy (non-hydrogen) atoms. The van der Waals surface area contributed by atoms with E-state index in [0.29, 0.717) is 22.9 Å². The molecule has 0 radical (unpaired) electrons. The number of carboxylic acid groups (broad SMARTS) is 1. The number of pyridine rings is 1. The highest BCUT2D eigenvalue weighted by Gasteiger charge is 2.34. The van der Waals surface area contributed by atoms with Crippen LogP contribution in [0.4, 0.5) is 0 Å². The van der Waals surface area contributed by atoms with E-state index in [4.69, 9.17) is 0 Å². The van der Waals surface area contributed by atoms with Gasteiger partial charge in [-0.05, 0) is 35.3 Å². The SMILES string of the molecule is CCCC(C)(NC(=O)c1ccncc1Br)C(=O)O. The lowest BCUT2D eigenvalue weighted by molar-refractivity contribution is -0.144. The van der Waals surface area contributed by atoms with Crippen molar-refractivity contribution in [1.29, 1.82) is 0 Å². The van der Waals surface area contributed by atoms with Crippen molar-refractivity contribution in [2.45, 2.75) is 32.2 Å². The maximum atomic E-state index is 12.0. The minimum atomic E-state index is -1.26.